The minimum absolute atomic E-state index is 0.337. The zero-order chi connectivity index (χ0) is 13.8. The van der Waals surface area contributed by atoms with Crippen molar-refractivity contribution >= 4 is 16.9 Å². The monoisotopic (exact) mass is 261 g/mol. The molecule has 1 atom stereocenters. The second kappa shape index (κ2) is 5.89. The molecule has 0 saturated carbocycles. The molecule has 19 heavy (non-hydrogen) atoms. The Kier molecular flexibility index (Phi) is 4.22. The van der Waals surface area contributed by atoms with Gasteiger partial charge in [-0.3, -0.25) is 10.1 Å². The molecule has 0 aliphatic heterocycles. The summed E-state index contributed by atoms with van der Waals surface area (Å²) in [6.45, 7) is 4.45. The molecule has 2 N–H and O–H groups in total. The quantitative estimate of drug-likeness (QED) is 0.839. The van der Waals surface area contributed by atoms with Crippen molar-refractivity contribution in [3.05, 3.63) is 36.1 Å². The average Bonchev–Trinajstić information content (AvgIpc) is 2.76. The van der Waals surface area contributed by atoms with Crippen LogP contribution in [0.1, 0.15) is 26.0 Å². The van der Waals surface area contributed by atoms with Crippen molar-refractivity contribution in [3.8, 4) is 0 Å². The highest BCUT2D eigenvalue weighted by Crippen LogP contribution is 2.18. The lowest BCUT2D eigenvalue weighted by Gasteiger charge is -2.15. The van der Waals surface area contributed by atoms with Gasteiger partial charge in [0.2, 0.25) is 0 Å². The molecule has 1 aromatic heterocycles. The summed E-state index contributed by atoms with van der Waals surface area (Å²) >= 11 is 0. The number of fused-ring (bicyclic) bond motifs is 1. The summed E-state index contributed by atoms with van der Waals surface area (Å²) in [5.74, 6) is 0.283. The summed E-state index contributed by atoms with van der Waals surface area (Å²) in [5, 5.41) is 13.2. The molecule has 0 saturated heterocycles. The van der Waals surface area contributed by atoms with Crippen LogP contribution >= 0.6 is 0 Å². The predicted octanol–water partition coefficient (Wildman–Crippen LogP) is 3.02. The molecule has 0 fully saturated rings. The molecule has 0 amide bonds. The lowest BCUT2D eigenvalue weighted by molar-refractivity contribution is -0.140. The van der Waals surface area contributed by atoms with E-state index < -0.39 is 12.0 Å². The summed E-state index contributed by atoms with van der Waals surface area (Å²) in [7, 11) is 0. The first-order valence-electron chi connectivity index (χ1n) is 6.50. The first-order valence-corrected chi connectivity index (χ1v) is 6.50. The van der Waals surface area contributed by atoms with Crippen molar-refractivity contribution in [1.29, 1.82) is 0 Å². The van der Waals surface area contributed by atoms with E-state index in [0.717, 1.165) is 16.7 Å². The summed E-state index contributed by atoms with van der Waals surface area (Å²) in [6.07, 6.45) is 0.607. The highest BCUT2D eigenvalue weighted by atomic mass is 16.4. The zero-order valence-corrected chi connectivity index (χ0v) is 11.2. The SMILES string of the molecule is CC(C)CC(NCc1cc2ccccc2o1)C(=O)O. The van der Waals surface area contributed by atoms with E-state index >= 15 is 0 Å². The Morgan fingerprint density at radius 2 is 2.11 bits per heavy atom. The van der Waals surface area contributed by atoms with Gasteiger partial charge in [-0.15, -0.1) is 0 Å². The maximum Gasteiger partial charge on any atom is 0.320 e. The van der Waals surface area contributed by atoms with E-state index in [-0.39, 0.29) is 0 Å². The smallest absolute Gasteiger partial charge is 0.320 e. The van der Waals surface area contributed by atoms with Gasteiger partial charge in [0.05, 0.1) is 6.54 Å². The molecular formula is C15H19NO3. The first-order chi connectivity index (χ1) is 9.06. The van der Waals surface area contributed by atoms with Crippen LogP contribution in [0.2, 0.25) is 0 Å². The number of hydrogen-bond acceptors (Lipinski definition) is 3. The van der Waals surface area contributed by atoms with E-state index in [1.165, 1.54) is 0 Å². The van der Waals surface area contributed by atoms with Crippen LogP contribution in [-0.4, -0.2) is 17.1 Å². The molecule has 4 nitrogen and oxygen atoms in total. The summed E-state index contributed by atoms with van der Waals surface area (Å²) < 4.78 is 5.65. The maximum absolute atomic E-state index is 11.1. The maximum atomic E-state index is 11.1. The van der Waals surface area contributed by atoms with Crippen molar-refractivity contribution in [3.63, 3.8) is 0 Å². The van der Waals surface area contributed by atoms with Gasteiger partial charge in [-0.05, 0) is 24.5 Å². The number of rotatable bonds is 6. The van der Waals surface area contributed by atoms with Crippen LogP contribution in [0.5, 0.6) is 0 Å². The molecule has 0 bridgehead atoms. The standard InChI is InChI=1S/C15H19NO3/c1-10(2)7-13(15(17)18)16-9-12-8-11-5-3-4-6-14(11)19-12/h3-6,8,10,13,16H,7,9H2,1-2H3,(H,17,18). The number of benzene rings is 1. The van der Waals surface area contributed by atoms with E-state index in [1.807, 2.05) is 44.2 Å². The lowest BCUT2D eigenvalue weighted by Crippen LogP contribution is -2.37. The second-order valence-corrected chi connectivity index (χ2v) is 5.15. The van der Waals surface area contributed by atoms with E-state index in [0.29, 0.717) is 18.9 Å². The third kappa shape index (κ3) is 3.58. The van der Waals surface area contributed by atoms with Crippen molar-refractivity contribution in [2.45, 2.75) is 32.9 Å². The number of para-hydroxylation sites is 1. The van der Waals surface area contributed by atoms with Crippen LogP contribution in [0, 0.1) is 5.92 Å². The number of nitrogens with one attached hydrogen (secondary N) is 1. The molecule has 4 heteroatoms. The van der Waals surface area contributed by atoms with Crippen LogP contribution in [0.3, 0.4) is 0 Å². The Bertz CT molecular complexity index is 526. The topological polar surface area (TPSA) is 62.5 Å². The summed E-state index contributed by atoms with van der Waals surface area (Å²) in [5.41, 5.74) is 0.829. The molecule has 2 rings (SSSR count). The van der Waals surface area contributed by atoms with Crippen molar-refractivity contribution in [2.75, 3.05) is 0 Å². The Labute approximate surface area is 112 Å². The number of hydrogen-bond donors (Lipinski definition) is 2. The second-order valence-electron chi connectivity index (χ2n) is 5.15. The highest BCUT2D eigenvalue weighted by Gasteiger charge is 2.18. The van der Waals surface area contributed by atoms with Gasteiger partial charge in [-0.2, -0.15) is 0 Å². The van der Waals surface area contributed by atoms with Gasteiger partial charge < -0.3 is 9.52 Å². The van der Waals surface area contributed by atoms with Gasteiger partial charge >= 0.3 is 5.97 Å². The molecule has 2 aromatic rings. The third-order valence-electron chi connectivity index (χ3n) is 3.00. The number of carboxylic acids is 1. The van der Waals surface area contributed by atoms with E-state index in [4.69, 9.17) is 9.52 Å². The molecule has 0 aliphatic carbocycles. The van der Waals surface area contributed by atoms with Crippen LogP contribution in [0.4, 0.5) is 0 Å². The average molecular weight is 261 g/mol. The number of aliphatic carboxylic acids is 1. The number of carboxylic acid groups (broad SMARTS) is 1. The highest BCUT2D eigenvalue weighted by molar-refractivity contribution is 5.77. The molecule has 0 aliphatic rings. The Balaban J connectivity index is 2.02. The molecule has 1 heterocycles. The van der Waals surface area contributed by atoms with E-state index in [2.05, 4.69) is 5.32 Å². The van der Waals surface area contributed by atoms with Gasteiger partial charge in [-0.25, -0.2) is 0 Å². The number of carbonyl (C=O) groups is 1. The van der Waals surface area contributed by atoms with Gasteiger partial charge in [0, 0.05) is 5.39 Å². The summed E-state index contributed by atoms with van der Waals surface area (Å²) in [4.78, 5) is 11.1. The number of furan rings is 1. The third-order valence-corrected chi connectivity index (χ3v) is 3.00. The van der Waals surface area contributed by atoms with Gasteiger partial charge in [-0.1, -0.05) is 32.0 Å². The van der Waals surface area contributed by atoms with E-state index in [1.54, 1.807) is 0 Å². The summed E-state index contributed by atoms with van der Waals surface area (Å²) in [6, 6.07) is 9.16. The van der Waals surface area contributed by atoms with Gasteiger partial charge in [0.15, 0.2) is 0 Å². The minimum atomic E-state index is -0.815. The Morgan fingerprint density at radius 3 is 2.74 bits per heavy atom. The molecular weight excluding hydrogens is 242 g/mol. The molecule has 0 radical (unpaired) electrons. The van der Waals surface area contributed by atoms with Crippen LogP contribution in [-0.2, 0) is 11.3 Å². The fourth-order valence-corrected chi connectivity index (χ4v) is 2.09. The Hall–Kier alpha value is -1.81. The molecule has 1 unspecified atom stereocenters. The fourth-order valence-electron chi connectivity index (χ4n) is 2.09. The van der Waals surface area contributed by atoms with Crippen molar-refractivity contribution < 1.29 is 14.3 Å². The van der Waals surface area contributed by atoms with E-state index in [9.17, 15) is 4.79 Å². The van der Waals surface area contributed by atoms with Crippen molar-refractivity contribution in [1.82, 2.24) is 5.32 Å². The normalized spacial score (nSPS) is 13.0. The van der Waals surface area contributed by atoms with Crippen LogP contribution in [0.25, 0.3) is 11.0 Å². The Morgan fingerprint density at radius 1 is 1.37 bits per heavy atom. The van der Waals surface area contributed by atoms with Crippen LogP contribution in [0.15, 0.2) is 34.7 Å². The van der Waals surface area contributed by atoms with Crippen LogP contribution < -0.4 is 5.32 Å². The van der Waals surface area contributed by atoms with Crippen molar-refractivity contribution in [2.24, 2.45) is 5.92 Å². The molecule has 102 valence electrons. The predicted molar refractivity (Wildman–Crippen MR) is 73.9 cm³/mol. The lowest BCUT2D eigenvalue weighted by atomic mass is 10.0. The molecule has 0 spiro atoms. The first kappa shape index (κ1) is 13.6. The fraction of sp³-hybridized carbons (Fsp3) is 0.400. The minimum Gasteiger partial charge on any atom is -0.480 e. The zero-order valence-electron chi connectivity index (χ0n) is 11.2. The van der Waals surface area contributed by atoms with Gasteiger partial charge in [0.25, 0.3) is 0 Å². The van der Waals surface area contributed by atoms with Gasteiger partial charge in [0.1, 0.15) is 17.4 Å². The molecule has 1 aromatic carbocycles. The largest absolute Gasteiger partial charge is 0.480 e.